The lowest BCUT2D eigenvalue weighted by Crippen LogP contribution is -2.54. The molecule has 0 saturated heterocycles. The highest BCUT2D eigenvalue weighted by Gasteiger charge is 2.48. The van der Waals surface area contributed by atoms with Gasteiger partial charge in [0.25, 0.3) is 5.91 Å². The molecule has 2 heterocycles. The SMILES string of the molecule is CC(NC(=O)c1csc(-c2ccsc2)n1)(C(=O)O)C1CC1. The first-order valence-electron chi connectivity index (χ1n) is 6.54. The minimum Gasteiger partial charge on any atom is -0.480 e. The molecule has 0 aromatic carbocycles. The summed E-state index contributed by atoms with van der Waals surface area (Å²) in [7, 11) is 0. The summed E-state index contributed by atoms with van der Waals surface area (Å²) in [4.78, 5) is 28.0. The van der Waals surface area contributed by atoms with Crippen LogP contribution in [0.3, 0.4) is 0 Å². The maximum atomic E-state index is 12.3. The van der Waals surface area contributed by atoms with Crippen molar-refractivity contribution < 1.29 is 14.7 Å². The van der Waals surface area contributed by atoms with E-state index in [0.717, 1.165) is 23.4 Å². The van der Waals surface area contributed by atoms with Gasteiger partial charge in [-0.2, -0.15) is 11.3 Å². The third kappa shape index (κ3) is 2.71. The van der Waals surface area contributed by atoms with Crippen LogP contribution in [-0.2, 0) is 4.79 Å². The average Bonchev–Trinajstić information content (AvgIpc) is 2.97. The van der Waals surface area contributed by atoms with Gasteiger partial charge in [0.1, 0.15) is 16.2 Å². The molecule has 5 nitrogen and oxygen atoms in total. The molecule has 2 N–H and O–H groups in total. The Bertz CT molecular complexity index is 676. The molecular weight excluding hydrogens is 308 g/mol. The first kappa shape index (κ1) is 14.2. The van der Waals surface area contributed by atoms with E-state index in [4.69, 9.17) is 0 Å². The number of aromatic nitrogens is 1. The highest BCUT2D eigenvalue weighted by molar-refractivity contribution is 7.14. The van der Waals surface area contributed by atoms with Crippen molar-refractivity contribution in [2.75, 3.05) is 0 Å². The Labute approximate surface area is 129 Å². The maximum absolute atomic E-state index is 12.3. The van der Waals surface area contributed by atoms with E-state index in [1.165, 1.54) is 11.3 Å². The number of carbonyl (C=O) groups excluding carboxylic acids is 1. The standard InChI is InChI=1S/C14H14N2O3S2/c1-14(13(18)19,9-2-3-9)16-11(17)10-7-21-12(15-10)8-4-5-20-6-8/h4-7,9H,2-3H2,1H3,(H,16,17)(H,18,19). The lowest BCUT2D eigenvalue weighted by molar-refractivity contribution is -0.144. The molecule has 3 rings (SSSR count). The van der Waals surface area contributed by atoms with Gasteiger partial charge >= 0.3 is 5.97 Å². The molecule has 7 heteroatoms. The van der Waals surface area contributed by atoms with E-state index < -0.39 is 17.4 Å². The monoisotopic (exact) mass is 322 g/mol. The van der Waals surface area contributed by atoms with Crippen molar-refractivity contribution in [1.82, 2.24) is 10.3 Å². The lowest BCUT2D eigenvalue weighted by Gasteiger charge is -2.25. The van der Waals surface area contributed by atoms with E-state index in [0.29, 0.717) is 0 Å². The summed E-state index contributed by atoms with van der Waals surface area (Å²) < 4.78 is 0. The number of rotatable bonds is 5. The molecule has 2 aromatic heterocycles. The molecule has 0 radical (unpaired) electrons. The molecule has 0 aliphatic heterocycles. The molecule has 1 unspecified atom stereocenters. The number of amides is 1. The predicted molar refractivity (Wildman–Crippen MR) is 81.7 cm³/mol. The molecule has 1 saturated carbocycles. The normalized spacial score (nSPS) is 17.2. The van der Waals surface area contributed by atoms with E-state index in [9.17, 15) is 14.7 Å². The minimum absolute atomic E-state index is 0.00827. The summed E-state index contributed by atoms with van der Waals surface area (Å²) in [6.45, 7) is 1.57. The zero-order valence-corrected chi connectivity index (χ0v) is 13.0. The number of carboxylic acid groups (broad SMARTS) is 1. The Morgan fingerprint density at radius 2 is 2.19 bits per heavy atom. The van der Waals surface area contributed by atoms with E-state index >= 15 is 0 Å². The van der Waals surface area contributed by atoms with Crippen LogP contribution in [0, 0.1) is 5.92 Å². The van der Waals surface area contributed by atoms with Crippen molar-refractivity contribution in [2.24, 2.45) is 5.92 Å². The van der Waals surface area contributed by atoms with E-state index in [-0.39, 0.29) is 11.6 Å². The van der Waals surface area contributed by atoms with E-state index in [1.54, 1.807) is 23.6 Å². The predicted octanol–water partition coefficient (Wildman–Crippen LogP) is 2.85. The molecule has 1 fully saturated rings. The molecule has 110 valence electrons. The average molecular weight is 322 g/mol. The Morgan fingerprint density at radius 1 is 1.43 bits per heavy atom. The molecule has 0 spiro atoms. The molecule has 1 atom stereocenters. The highest BCUT2D eigenvalue weighted by Crippen LogP contribution is 2.40. The van der Waals surface area contributed by atoms with Crippen LogP contribution in [0.1, 0.15) is 30.3 Å². The molecule has 1 aliphatic carbocycles. The number of nitrogens with zero attached hydrogens (tertiary/aromatic N) is 1. The summed E-state index contributed by atoms with van der Waals surface area (Å²) in [5, 5.41) is 18.3. The number of hydrogen-bond donors (Lipinski definition) is 2. The first-order valence-corrected chi connectivity index (χ1v) is 8.37. The second-order valence-electron chi connectivity index (χ2n) is 5.29. The summed E-state index contributed by atoms with van der Waals surface area (Å²) >= 11 is 2.95. The van der Waals surface area contributed by atoms with Crippen LogP contribution in [0.2, 0.25) is 0 Å². The van der Waals surface area contributed by atoms with Crippen LogP contribution in [0.15, 0.2) is 22.2 Å². The third-order valence-electron chi connectivity index (χ3n) is 3.72. The lowest BCUT2D eigenvalue weighted by atomic mass is 9.96. The second-order valence-corrected chi connectivity index (χ2v) is 6.92. The quantitative estimate of drug-likeness (QED) is 0.887. The van der Waals surface area contributed by atoms with Crippen molar-refractivity contribution in [3.05, 3.63) is 27.9 Å². The zero-order chi connectivity index (χ0) is 15.0. The van der Waals surface area contributed by atoms with Gasteiger partial charge in [0, 0.05) is 16.3 Å². The molecule has 2 aromatic rings. The Balaban J connectivity index is 1.78. The van der Waals surface area contributed by atoms with Gasteiger partial charge in [0.15, 0.2) is 0 Å². The van der Waals surface area contributed by atoms with Gasteiger partial charge in [-0.05, 0) is 37.1 Å². The number of thiazole rings is 1. The number of carboxylic acids is 1. The fraction of sp³-hybridized carbons (Fsp3) is 0.357. The van der Waals surface area contributed by atoms with Gasteiger partial charge < -0.3 is 10.4 Å². The molecule has 0 bridgehead atoms. The summed E-state index contributed by atoms with van der Waals surface area (Å²) in [5.74, 6) is -1.41. The van der Waals surface area contributed by atoms with Crippen LogP contribution in [0.5, 0.6) is 0 Å². The fourth-order valence-corrected chi connectivity index (χ4v) is 3.70. The Morgan fingerprint density at radius 3 is 2.76 bits per heavy atom. The topological polar surface area (TPSA) is 79.3 Å². The van der Waals surface area contributed by atoms with Crippen molar-refractivity contribution in [2.45, 2.75) is 25.3 Å². The largest absolute Gasteiger partial charge is 0.480 e. The van der Waals surface area contributed by atoms with Crippen LogP contribution < -0.4 is 5.32 Å². The summed E-state index contributed by atoms with van der Waals surface area (Å²) in [5.41, 5.74) is 0.0463. The van der Waals surface area contributed by atoms with E-state index in [1.807, 2.05) is 16.8 Å². The van der Waals surface area contributed by atoms with Crippen LogP contribution in [-0.4, -0.2) is 27.5 Å². The van der Waals surface area contributed by atoms with Crippen molar-refractivity contribution in [3.8, 4) is 10.6 Å². The van der Waals surface area contributed by atoms with Crippen LogP contribution in [0.4, 0.5) is 0 Å². The zero-order valence-electron chi connectivity index (χ0n) is 11.3. The van der Waals surface area contributed by atoms with Crippen molar-refractivity contribution in [3.63, 3.8) is 0 Å². The summed E-state index contributed by atoms with van der Waals surface area (Å²) in [6, 6.07) is 1.94. The number of nitrogens with one attached hydrogen (secondary N) is 1. The van der Waals surface area contributed by atoms with Gasteiger partial charge in [0.2, 0.25) is 0 Å². The number of hydrogen-bond acceptors (Lipinski definition) is 5. The van der Waals surface area contributed by atoms with Gasteiger partial charge in [-0.25, -0.2) is 9.78 Å². The van der Waals surface area contributed by atoms with Crippen LogP contribution >= 0.6 is 22.7 Å². The summed E-state index contributed by atoms with van der Waals surface area (Å²) in [6.07, 6.45) is 1.67. The molecular formula is C14H14N2O3S2. The Hall–Kier alpha value is -1.73. The first-order chi connectivity index (χ1) is 10.0. The molecule has 1 amide bonds. The van der Waals surface area contributed by atoms with Gasteiger partial charge in [-0.1, -0.05) is 0 Å². The number of thiophene rings is 1. The van der Waals surface area contributed by atoms with Crippen molar-refractivity contribution >= 4 is 34.6 Å². The van der Waals surface area contributed by atoms with E-state index in [2.05, 4.69) is 10.3 Å². The third-order valence-corrected chi connectivity index (χ3v) is 5.29. The minimum atomic E-state index is -1.21. The van der Waals surface area contributed by atoms with Gasteiger partial charge in [-0.3, -0.25) is 4.79 Å². The second kappa shape index (κ2) is 5.23. The van der Waals surface area contributed by atoms with Gasteiger partial charge in [-0.15, -0.1) is 11.3 Å². The maximum Gasteiger partial charge on any atom is 0.329 e. The highest BCUT2D eigenvalue weighted by atomic mass is 32.1. The Kier molecular flexibility index (Phi) is 3.54. The smallest absolute Gasteiger partial charge is 0.329 e. The van der Waals surface area contributed by atoms with Crippen molar-refractivity contribution in [1.29, 1.82) is 0 Å². The fourth-order valence-electron chi connectivity index (χ4n) is 2.19. The van der Waals surface area contributed by atoms with Crippen LogP contribution in [0.25, 0.3) is 10.6 Å². The number of carbonyl (C=O) groups is 2. The molecule has 21 heavy (non-hydrogen) atoms. The number of aliphatic carboxylic acids is 1. The molecule has 1 aliphatic rings. The van der Waals surface area contributed by atoms with Gasteiger partial charge in [0.05, 0.1) is 0 Å².